The van der Waals surface area contributed by atoms with Crippen molar-refractivity contribution in [1.29, 1.82) is 5.26 Å². The molecule has 0 bridgehead atoms. The van der Waals surface area contributed by atoms with E-state index in [9.17, 15) is 9.59 Å². The van der Waals surface area contributed by atoms with Crippen molar-refractivity contribution in [2.75, 3.05) is 23.4 Å². The molecule has 10 heteroatoms. The van der Waals surface area contributed by atoms with E-state index in [1.165, 1.54) is 0 Å². The van der Waals surface area contributed by atoms with Crippen molar-refractivity contribution in [3.8, 4) is 22.9 Å². The number of hydrogen-bond acceptors (Lipinski definition) is 7. The Hall–Kier alpha value is -5.14. The van der Waals surface area contributed by atoms with Gasteiger partial charge >= 0.3 is 6.03 Å². The Bertz CT molecular complexity index is 1650. The Labute approximate surface area is 263 Å². The van der Waals surface area contributed by atoms with Crippen LogP contribution in [0.15, 0.2) is 90.0 Å². The van der Waals surface area contributed by atoms with E-state index < -0.39 is 0 Å². The molecule has 5 rings (SSSR count). The summed E-state index contributed by atoms with van der Waals surface area (Å²) in [4.78, 5) is 31.9. The molecule has 0 unspecified atom stereocenters. The number of aryl methyl sites for hydroxylation is 1. The molecule has 0 aliphatic heterocycles. The molecule has 1 aliphatic rings. The number of carbonyl (C=O) groups excluding carboxylic acids is 1. The summed E-state index contributed by atoms with van der Waals surface area (Å²) in [5.74, 6) is 1.53. The number of hydrogen-bond donors (Lipinski definition) is 3. The third-order valence-electron chi connectivity index (χ3n) is 8.07. The maximum atomic E-state index is 13.8. The normalized spacial score (nSPS) is 15.9. The highest BCUT2D eigenvalue weighted by Gasteiger charge is 2.30. The van der Waals surface area contributed by atoms with Gasteiger partial charge in [-0.05, 0) is 97.8 Å². The lowest BCUT2D eigenvalue weighted by Gasteiger charge is -2.37. The fourth-order valence-corrected chi connectivity index (χ4v) is 5.55. The largest absolute Gasteiger partial charge is 0.494 e. The van der Waals surface area contributed by atoms with Crippen LogP contribution in [-0.2, 0) is 13.6 Å². The summed E-state index contributed by atoms with van der Waals surface area (Å²) >= 11 is 0. The number of nitrogens with zero attached hydrogens (tertiary/aromatic N) is 4. The Morgan fingerprint density at radius 1 is 1.02 bits per heavy atom. The Morgan fingerprint density at radius 3 is 2.40 bits per heavy atom. The summed E-state index contributed by atoms with van der Waals surface area (Å²) < 4.78 is 7.26. The molecule has 4 N–H and O–H groups in total. The van der Waals surface area contributed by atoms with Gasteiger partial charge in [0.25, 0.3) is 0 Å². The van der Waals surface area contributed by atoms with Crippen LogP contribution >= 0.6 is 0 Å². The molecule has 0 radical (unpaired) electrons. The summed E-state index contributed by atoms with van der Waals surface area (Å²) in [5, 5.41) is 15.7. The first kappa shape index (κ1) is 31.3. The van der Waals surface area contributed by atoms with Gasteiger partial charge in [-0.15, -0.1) is 0 Å². The van der Waals surface area contributed by atoms with Crippen molar-refractivity contribution in [3.63, 3.8) is 0 Å². The summed E-state index contributed by atoms with van der Waals surface area (Å²) in [6.07, 6.45) is 7.56. The molecule has 0 saturated heterocycles. The SMILES string of the molecule is Cn1cc(-c2ccc(N(C(=O)NCc3ccc(OCCCN)cc3)C3CCC(Nc4ccc(C#N)cn4)CC3)cc2)ccc1=O. The van der Waals surface area contributed by atoms with Crippen molar-refractivity contribution < 1.29 is 9.53 Å². The van der Waals surface area contributed by atoms with Crippen LogP contribution in [0.5, 0.6) is 5.75 Å². The minimum atomic E-state index is -0.154. The lowest BCUT2D eigenvalue weighted by atomic mass is 9.89. The predicted molar refractivity (Wildman–Crippen MR) is 176 cm³/mol. The van der Waals surface area contributed by atoms with Crippen LogP contribution in [0.1, 0.15) is 43.2 Å². The molecule has 2 aromatic heterocycles. The highest BCUT2D eigenvalue weighted by Crippen LogP contribution is 2.31. The number of rotatable bonds is 11. The van der Waals surface area contributed by atoms with Crippen LogP contribution in [0, 0.1) is 11.3 Å². The maximum Gasteiger partial charge on any atom is 0.322 e. The number of amides is 2. The standard InChI is InChI=1S/C35H39N7O3/c1-41-24-28(8-18-34(41)43)27-6-11-30(12-7-27)42(35(44)39-22-25-3-15-32(16-4-25)45-20-2-19-36)31-13-9-29(10-14-31)40-33-17-5-26(21-37)23-38-33/h3-8,11-12,15-18,23-24,29,31H,2,9-10,13-14,19-20,22,36H2,1H3,(H,38,40)(H,39,44). The molecule has 2 aromatic carbocycles. The number of urea groups is 1. The van der Waals surface area contributed by atoms with E-state index in [2.05, 4.69) is 21.7 Å². The van der Waals surface area contributed by atoms with Crippen LogP contribution in [0.3, 0.4) is 0 Å². The van der Waals surface area contributed by atoms with Crippen molar-refractivity contribution in [2.24, 2.45) is 12.8 Å². The van der Waals surface area contributed by atoms with Gasteiger partial charge < -0.3 is 25.7 Å². The van der Waals surface area contributed by atoms with Crippen molar-refractivity contribution in [3.05, 3.63) is 107 Å². The minimum Gasteiger partial charge on any atom is -0.494 e. The quantitative estimate of drug-likeness (QED) is 0.200. The van der Waals surface area contributed by atoms with Gasteiger partial charge in [0.2, 0.25) is 5.56 Å². The van der Waals surface area contributed by atoms with Gasteiger partial charge in [0.05, 0.1) is 12.2 Å². The van der Waals surface area contributed by atoms with E-state index in [0.717, 1.165) is 66.0 Å². The predicted octanol–water partition coefficient (Wildman–Crippen LogP) is 5.19. The van der Waals surface area contributed by atoms with E-state index >= 15 is 0 Å². The van der Waals surface area contributed by atoms with Crippen molar-refractivity contribution >= 4 is 17.5 Å². The van der Waals surface area contributed by atoms with Gasteiger partial charge in [0.15, 0.2) is 0 Å². The molecule has 1 fully saturated rings. The first-order valence-electron chi connectivity index (χ1n) is 15.3. The molecule has 2 amide bonds. The van der Waals surface area contributed by atoms with Crippen LogP contribution in [0.2, 0.25) is 0 Å². The van der Waals surface area contributed by atoms with Gasteiger partial charge in [-0.1, -0.05) is 24.3 Å². The lowest BCUT2D eigenvalue weighted by molar-refractivity contribution is 0.240. The van der Waals surface area contributed by atoms with E-state index in [1.54, 1.807) is 29.9 Å². The molecule has 1 aliphatic carbocycles. The fourth-order valence-electron chi connectivity index (χ4n) is 5.55. The summed E-state index contributed by atoms with van der Waals surface area (Å²) in [5.41, 5.74) is 9.69. The summed E-state index contributed by atoms with van der Waals surface area (Å²) in [6, 6.07) is 24.8. The number of carbonyl (C=O) groups is 1. The van der Waals surface area contributed by atoms with Crippen molar-refractivity contribution in [2.45, 2.75) is 50.7 Å². The number of aromatic nitrogens is 2. The number of nitrogens with two attached hydrogens (primary N) is 1. The maximum absolute atomic E-state index is 13.8. The molecule has 0 atom stereocenters. The zero-order valence-electron chi connectivity index (χ0n) is 25.5. The van der Waals surface area contributed by atoms with Crippen LogP contribution in [0.25, 0.3) is 11.1 Å². The molecule has 1 saturated carbocycles. The number of nitrogens with one attached hydrogen (secondary N) is 2. The van der Waals surface area contributed by atoms with Gasteiger partial charge in [-0.3, -0.25) is 9.69 Å². The van der Waals surface area contributed by atoms with E-state index in [0.29, 0.717) is 25.3 Å². The van der Waals surface area contributed by atoms with E-state index in [1.807, 2.05) is 71.8 Å². The molecule has 2 heterocycles. The molecule has 4 aromatic rings. The Morgan fingerprint density at radius 2 is 1.76 bits per heavy atom. The number of pyridine rings is 2. The second-order valence-corrected chi connectivity index (χ2v) is 11.3. The molecule has 45 heavy (non-hydrogen) atoms. The Balaban J connectivity index is 1.28. The fraction of sp³-hybridized carbons (Fsp3) is 0.314. The smallest absolute Gasteiger partial charge is 0.322 e. The number of anilines is 2. The average Bonchev–Trinajstić information content (AvgIpc) is 3.07. The number of benzene rings is 2. The zero-order valence-corrected chi connectivity index (χ0v) is 25.5. The van der Waals surface area contributed by atoms with Crippen molar-refractivity contribution in [1.82, 2.24) is 14.9 Å². The van der Waals surface area contributed by atoms with Gasteiger partial charge in [-0.25, -0.2) is 9.78 Å². The highest BCUT2D eigenvalue weighted by molar-refractivity contribution is 5.93. The second kappa shape index (κ2) is 15.0. The number of nitriles is 1. The first-order valence-corrected chi connectivity index (χ1v) is 15.3. The lowest BCUT2D eigenvalue weighted by Crippen LogP contribution is -2.48. The summed E-state index contributed by atoms with van der Waals surface area (Å²) in [7, 11) is 1.73. The topological polar surface area (TPSA) is 138 Å². The molecule has 232 valence electrons. The molecular formula is C35H39N7O3. The Kier molecular flexibility index (Phi) is 10.5. The van der Waals surface area contributed by atoms with Gasteiger partial charge in [-0.2, -0.15) is 5.26 Å². The van der Waals surface area contributed by atoms with Gasteiger partial charge in [0, 0.05) is 49.8 Å². The van der Waals surface area contributed by atoms with Gasteiger partial charge in [0.1, 0.15) is 17.6 Å². The first-order chi connectivity index (χ1) is 21.9. The third-order valence-corrected chi connectivity index (χ3v) is 8.07. The zero-order chi connectivity index (χ0) is 31.6. The molecule has 10 nitrogen and oxygen atoms in total. The molecule has 0 spiro atoms. The minimum absolute atomic E-state index is 0.0127. The summed E-state index contributed by atoms with van der Waals surface area (Å²) in [6.45, 7) is 1.55. The van der Waals surface area contributed by atoms with Crippen LogP contribution < -0.4 is 31.6 Å². The third kappa shape index (κ3) is 8.28. The van der Waals surface area contributed by atoms with Crippen LogP contribution in [-0.4, -0.2) is 40.8 Å². The van der Waals surface area contributed by atoms with Crippen LogP contribution in [0.4, 0.5) is 16.3 Å². The van der Waals surface area contributed by atoms with E-state index in [-0.39, 0.29) is 23.7 Å². The average molecular weight is 606 g/mol. The highest BCUT2D eigenvalue weighted by atomic mass is 16.5. The number of ether oxygens (including phenoxy) is 1. The van der Waals surface area contributed by atoms with E-state index in [4.69, 9.17) is 15.7 Å². The molecular weight excluding hydrogens is 566 g/mol. The monoisotopic (exact) mass is 605 g/mol. The second-order valence-electron chi connectivity index (χ2n) is 11.3.